The van der Waals surface area contributed by atoms with Crippen molar-refractivity contribution in [3.05, 3.63) is 36.0 Å². The van der Waals surface area contributed by atoms with Crippen LogP contribution in [-0.4, -0.2) is 44.5 Å². The van der Waals surface area contributed by atoms with Crippen molar-refractivity contribution in [2.45, 2.75) is 25.9 Å². The van der Waals surface area contributed by atoms with Gasteiger partial charge in [-0.05, 0) is 31.4 Å². The van der Waals surface area contributed by atoms with Gasteiger partial charge in [-0.3, -0.25) is 4.98 Å². The van der Waals surface area contributed by atoms with E-state index in [4.69, 9.17) is 9.47 Å². The maximum Gasteiger partial charge on any atom is 0.0751 e. The lowest BCUT2D eigenvalue weighted by Gasteiger charge is -2.34. The van der Waals surface area contributed by atoms with Crippen molar-refractivity contribution < 1.29 is 9.47 Å². The standard InChI is InChI=1S/C18H24N2O2/c1-14-4-3-5-16-17(6-9-19-18(14)16)20-10-7-15(8-11-20)22-13-12-21-2/h3-6,9,15H,7-8,10-13H2,1-2H3. The van der Waals surface area contributed by atoms with Gasteiger partial charge in [0, 0.05) is 37.5 Å². The van der Waals surface area contributed by atoms with Crippen LogP contribution in [0.5, 0.6) is 0 Å². The molecule has 1 aromatic carbocycles. The fourth-order valence-corrected chi connectivity index (χ4v) is 3.15. The Bertz CT molecular complexity index is 622. The molecule has 0 spiro atoms. The van der Waals surface area contributed by atoms with Gasteiger partial charge in [-0.25, -0.2) is 0 Å². The van der Waals surface area contributed by atoms with Crippen LogP contribution in [0, 0.1) is 6.92 Å². The number of hydrogen-bond donors (Lipinski definition) is 0. The van der Waals surface area contributed by atoms with Crippen molar-refractivity contribution in [1.82, 2.24) is 4.98 Å². The average Bonchev–Trinajstić information content (AvgIpc) is 2.56. The zero-order valence-corrected chi connectivity index (χ0v) is 13.4. The lowest BCUT2D eigenvalue weighted by molar-refractivity contribution is 0.00612. The van der Waals surface area contributed by atoms with Gasteiger partial charge in [-0.1, -0.05) is 18.2 Å². The fourth-order valence-electron chi connectivity index (χ4n) is 3.15. The first-order valence-corrected chi connectivity index (χ1v) is 7.99. The Morgan fingerprint density at radius 3 is 2.77 bits per heavy atom. The second kappa shape index (κ2) is 7.07. The minimum atomic E-state index is 0.362. The van der Waals surface area contributed by atoms with E-state index in [-0.39, 0.29) is 0 Å². The molecule has 0 bridgehead atoms. The van der Waals surface area contributed by atoms with Crippen molar-refractivity contribution in [3.63, 3.8) is 0 Å². The number of nitrogens with zero attached hydrogens (tertiary/aromatic N) is 2. The molecule has 0 N–H and O–H groups in total. The monoisotopic (exact) mass is 300 g/mol. The van der Waals surface area contributed by atoms with Crippen LogP contribution in [0.25, 0.3) is 10.9 Å². The van der Waals surface area contributed by atoms with Crippen molar-refractivity contribution in [2.75, 3.05) is 38.3 Å². The molecule has 0 amide bonds. The van der Waals surface area contributed by atoms with E-state index in [1.807, 2.05) is 6.20 Å². The Morgan fingerprint density at radius 1 is 1.18 bits per heavy atom. The summed E-state index contributed by atoms with van der Waals surface area (Å²) in [6, 6.07) is 8.54. The minimum absolute atomic E-state index is 0.362. The van der Waals surface area contributed by atoms with E-state index in [1.165, 1.54) is 16.6 Å². The molecule has 4 nitrogen and oxygen atoms in total. The second-order valence-electron chi connectivity index (χ2n) is 5.85. The summed E-state index contributed by atoms with van der Waals surface area (Å²) in [6.45, 7) is 5.55. The van der Waals surface area contributed by atoms with Crippen LogP contribution in [0.3, 0.4) is 0 Å². The number of hydrogen-bond acceptors (Lipinski definition) is 4. The van der Waals surface area contributed by atoms with Crippen LogP contribution in [-0.2, 0) is 9.47 Å². The maximum atomic E-state index is 5.85. The Hall–Kier alpha value is -1.65. The second-order valence-corrected chi connectivity index (χ2v) is 5.85. The number of rotatable bonds is 5. The average molecular weight is 300 g/mol. The highest BCUT2D eigenvalue weighted by Gasteiger charge is 2.21. The summed E-state index contributed by atoms with van der Waals surface area (Å²) in [5.74, 6) is 0. The van der Waals surface area contributed by atoms with Crippen molar-refractivity contribution in [2.24, 2.45) is 0 Å². The van der Waals surface area contributed by atoms with Crippen molar-refractivity contribution in [1.29, 1.82) is 0 Å². The van der Waals surface area contributed by atoms with E-state index in [9.17, 15) is 0 Å². The number of aromatic nitrogens is 1. The lowest BCUT2D eigenvalue weighted by atomic mass is 10.0. The van der Waals surface area contributed by atoms with Gasteiger partial charge >= 0.3 is 0 Å². The SMILES string of the molecule is COCCOC1CCN(c2ccnc3c(C)cccc23)CC1. The summed E-state index contributed by atoms with van der Waals surface area (Å²) in [6.07, 6.45) is 4.42. The summed E-state index contributed by atoms with van der Waals surface area (Å²) < 4.78 is 10.9. The molecule has 0 saturated carbocycles. The Labute approximate surface area is 132 Å². The molecular formula is C18H24N2O2. The van der Waals surface area contributed by atoms with Crippen LogP contribution in [0.2, 0.25) is 0 Å². The third kappa shape index (κ3) is 3.23. The van der Waals surface area contributed by atoms with E-state index in [0.717, 1.165) is 31.4 Å². The molecule has 1 aliphatic heterocycles. The predicted molar refractivity (Wildman–Crippen MR) is 89.5 cm³/mol. The molecule has 2 aromatic rings. The summed E-state index contributed by atoms with van der Waals surface area (Å²) >= 11 is 0. The maximum absolute atomic E-state index is 5.85. The summed E-state index contributed by atoms with van der Waals surface area (Å²) in [4.78, 5) is 6.99. The number of pyridine rings is 1. The van der Waals surface area contributed by atoms with E-state index in [2.05, 4.69) is 41.1 Å². The topological polar surface area (TPSA) is 34.6 Å². The first kappa shape index (κ1) is 15.3. The molecular weight excluding hydrogens is 276 g/mol. The zero-order valence-electron chi connectivity index (χ0n) is 13.4. The predicted octanol–water partition coefficient (Wildman–Crippen LogP) is 3.18. The molecule has 22 heavy (non-hydrogen) atoms. The van der Waals surface area contributed by atoms with Crippen LogP contribution in [0.4, 0.5) is 5.69 Å². The number of para-hydroxylation sites is 1. The number of piperidine rings is 1. The van der Waals surface area contributed by atoms with E-state index < -0.39 is 0 Å². The van der Waals surface area contributed by atoms with Crippen LogP contribution in [0.15, 0.2) is 30.5 Å². The molecule has 0 atom stereocenters. The molecule has 2 heterocycles. The summed E-state index contributed by atoms with van der Waals surface area (Å²) in [5.41, 5.74) is 3.64. The Balaban J connectivity index is 1.70. The Morgan fingerprint density at radius 2 is 2.00 bits per heavy atom. The number of aryl methyl sites for hydroxylation is 1. The summed E-state index contributed by atoms with van der Waals surface area (Å²) in [5, 5.41) is 1.25. The minimum Gasteiger partial charge on any atom is -0.382 e. The first-order valence-electron chi connectivity index (χ1n) is 7.99. The van der Waals surface area contributed by atoms with Crippen molar-refractivity contribution in [3.8, 4) is 0 Å². The third-order valence-corrected chi connectivity index (χ3v) is 4.37. The van der Waals surface area contributed by atoms with Gasteiger partial charge in [0.1, 0.15) is 0 Å². The number of anilines is 1. The van der Waals surface area contributed by atoms with Crippen LogP contribution >= 0.6 is 0 Å². The smallest absolute Gasteiger partial charge is 0.0751 e. The van der Waals surface area contributed by atoms with Gasteiger partial charge in [0.2, 0.25) is 0 Å². The van der Waals surface area contributed by atoms with Crippen LogP contribution in [0.1, 0.15) is 18.4 Å². The molecule has 1 saturated heterocycles. The number of methoxy groups -OCH3 is 1. The molecule has 3 rings (SSSR count). The number of ether oxygens (including phenoxy) is 2. The Kier molecular flexibility index (Phi) is 4.90. The van der Waals surface area contributed by atoms with Crippen molar-refractivity contribution >= 4 is 16.6 Å². The van der Waals surface area contributed by atoms with Gasteiger partial charge < -0.3 is 14.4 Å². The molecule has 0 unspecified atom stereocenters. The molecule has 118 valence electrons. The largest absolute Gasteiger partial charge is 0.382 e. The van der Waals surface area contributed by atoms with Gasteiger partial charge in [-0.2, -0.15) is 0 Å². The van der Waals surface area contributed by atoms with Gasteiger partial charge in [0.25, 0.3) is 0 Å². The van der Waals surface area contributed by atoms with Gasteiger partial charge in [-0.15, -0.1) is 0 Å². The molecule has 0 aliphatic carbocycles. The van der Waals surface area contributed by atoms with E-state index >= 15 is 0 Å². The normalized spacial score (nSPS) is 16.4. The number of fused-ring (bicyclic) bond motifs is 1. The zero-order chi connectivity index (χ0) is 15.4. The first-order chi connectivity index (χ1) is 10.8. The highest BCUT2D eigenvalue weighted by molar-refractivity contribution is 5.93. The molecule has 1 fully saturated rings. The van der Waals surface area contributed by atoms with E-state index in [1.54, 1.807) is 7.11 Å². The molecule has 0 radical (unpaired) electrons. The molecule has 1 aliphatic rings. The summed E-state index contributed by atoms with van der Waals surface area (Å²) in [7, 11) is 1.71. The van der Waals surface area contributed by atoms with Crippen LogP contribution < -0.4 is 4.90 Å². The fraction of sp³-hybridized carbons (Fsp3) is 0.500. The quantitative estimate of drug-likeness (QED) is 0.794. The van der Waals surface area contributed by atoms with Gasteiger partial charge in [0.05, 0.1) is 24.8 Å². The highest BCUT2D eigenvalue weighted by atomic mass is 16.5. The molecule has 4 heteroatoms. The van der Waals surface area contributed by atoms with E-state index in [0.29, 0.717) is 19.3 Å². The molecule has 1 aromatic heterocycles. The highest BCUT2D eigenvalue weighted by Crippen LogP contribution is 2.29. The third-order valence-electron chi connectivity index (χ3n) is 4.37. The lowest BCUT2D eigenvalue weighted by Crippen LogP contribution is -2.37. The number of benzene rings is 1. The van der Waals surface area contributed by atoms with Gasteiger partial charge in [0.15, 0.2) is 0 Å².